The van der Waals surface area contributed by atoms with Crippen LogP contribution in [0.1, 0.15) is 16.0 Å². The van der Waals surface area contributed by atoms with E-state index >= 15 is 0 Å². The van der Waals surface area contributed by atoms with E-state index in [9.17, 15) is 14.3 Å². The molecule has 138 valence electrons. The first-order valence-electron chi connectivity index (χ1n) is 8.11. The number of halogens is 1. The molecule has 3 rings (SSSR count). The summed E-state index contributed by atoms with van der Waals surface area (Å²) in [6, 6.07) is 15.0. The minimum absolute atomic E-state index is 0.0633. The predicted octanol–water partition coefficient (Wildman–Crippen LogP) is 5.10. The smallest absolute Gasteiger partial charge is 0.337 e. The van der Waals surface area contributed by atoms with Crippen molar-refractivity contribution in [3.8, 4) is 11.5 Å². The van der Waals surface area contributed by atoms with E-state index in [0.717, 1.165) is 0 Å². The van der Waals surface area contributed by atoms with Crippen LogP contribution < -0.4 is 9.47 Å². The molecule has 1 heterocycles. The van der Waals surface area contributed by atoms with Crippen LogP contribution >= 0.6 is 11.3 Å². The molecule has 1 aromatic heterocycles. The second-order valence-corrected chi connectivity index (χ2v) is 6.58. The van der Waals surface area contributed by atoms with Crippen molar-refractivity contribution in [2.24, 2.45) is 0 Å². The van der Waals surface area contributed by atoms with Gasteiger partial charge in [0.25, 0.3) is 0 Å². The Morgan fingerprint density at radius 2 is 1.96 bits per heavy atom. The van der Waals surface area contributed by atoms with Gasteiger partial charge in [-0.15, -0.1) is 11.3 Å². The second-order valence-electron chi connectivity index (χ2n) is 5.63. The first kappa shape index (κ1) is 18.7. The minimum Gasteiger partial charge on any atom is -0.493 e. The highest BCUT2D eigenvalue weighted by Crippen LogP contribution is 2.31. The lowest BCUT2D eigenvalue weighted by molar-refractivity contribution is -0.130. The molecule has 0 aliphatic heterocycles. The summed E-state index contributed by atoms with van der Waals surface area (Å²) >= 11 is 1.36. The lowest BCUT2D eigenvalue weighted by Gasteiger charge is -2.12. The largest absolute Gasteiger partial charge is 0.493 e. The average molecular weight is 384 g/mol. The maximum Gasteiger partial charge on any atom is 0.337 e. The molecule has 0 unspecified atom stereocenters. The average Bonchev–Trinajstić information content (AvgIpc) is 3.20. The molecule has 0 aliphatic carbocycles. The summed E-state index contributed by atoms with van der Waals surface area (Å²) in [5.74, 6) is -0.448. The highest BCUT2D eigenvalue weighted by molar-refractivity contribution is 7.11. The molecule has 1 N–H and O–H groups in total. The van der Waals surface area contributed by atoms with Gasteiger partial charge in [-0.3, -0.25) is 0 Å². The van der Waals surface area contributed by atoms with E-state index in [2.05, 4.69) is 0 Å². The molecule has 0 aliphatic rings. The fourth-order valence-corrected chi connectivity index (χ4v) is 3.23. The van der Waals surface area contributed by atoms with E-state index in [-0.39, 0.29) is 18.0 Å². The molecule has 3 aromatic rings. The van der Waals surface area contributed by atoms with Gasteiger partial charge in [0, 0.05) is 10.4 Å². The number of carbonyl (C=O) groups is 1. The van der Waals surface area contributed by atoms with Crippen LogP contribution in [-0.2, 0) is 11.4 Å². The molecule has 0 radical (unpaired) electrons. The van der Waals surface area contributed by atoms with Gasteiger partial charge < -0.3 is 14.6 Å². The zero-order valence-electron chi connectivity index (χ0n) is 14.5. The standard InChI is InChI=1S/C21H17FO4S/c1-25-19-12-14(11-16(21(23)24)20-7-4-10-27-20)8-9-18(19)26-13-15-5-2-3-6-17(15)22/h2-12H,13H2,1H3,(H,23,24)/b16-11-. The number of thiophene rings is 1. The van der Waals surface area contributed by atoms with Crippen molar-refractivity contribution < 1.29 is 23.8 Å². The number of benzene rings is 2. The van der Waals surface area contributed by atoms with E-state index in [1.807, 2.05) is 5.38 Å². The lowest BCUT2D eigenvalue weighted by Crippen LogP contribution is -2.00. The molecule has 27 heavy (non-hydrogen) atoms. The number of hydrogen-bond donors (Lipinski definition) is 1. The van der Waals surface area contributed by atoms with Crippen LogP contribution in [-0.4, -0.2) is 18.2 Å². The van der Waals surface area contributed by atoms with Crippen molar-refractivity contribution in [1.82, 2.24) is 0 Å². The SMILES string of the molecule is COc1cc(/C=C(\C(=O)O)c2cccs2)ccc1OCc1ccccc1F. The fraction of sp³-hybridized carbons (Fsp3) is 0.0952. The first-order valence-corrected chi connectivity index (χ1v) is 8.99. The number of carboxylic acids is 1. The van der Waals surface area contributed by atoms with Gasteiger partial charge >= 0.3 is 5.97 Å². The Morgan fingerprint density at radius 3 is 2.63 bits per heavy atom. The molecular weight excluding hydrogens is 367 g/mol. The molecule has 6 heteroatoms. The van der Waals surface area contributed by atoms with Crippen molar-refractivity contribution in [3.63, 3.8) is 0 Å². The molecule has 0 bridgehead atoms. The molecule has 0 spiro atoms. The van der Waals surface area contributed by atoms with Crippen LogP contribution in [0.5, 0.6) is 11.5 Å². The van der Waals surface area contributed by atoms with Crippen LogP contribution in [0.15, 0.2) is 60.0 Å². The number of ether oxygens (including phenoxy) is 2. The third-order valence-corrected chi connectivity index (χ3v) is 4.76. The summed E-state index contributed by atoms with van der Waals surface area (Å²) < 4.78 is 24.7. The molecule has 0 atom stereocenters. The predicted molar refractivity (Wildman–Crippen MR) is 104 cm³/mol. The Bertz CT molecular complexity index is 964. The van der Waals surface area contributed by atoms with Gasteiger partial charge in [0.2, 0.25) is 0 Å². The third kappa shape index (κ3) is 4.54. The van der Waals surface area contributed by atoms with Gasteiger partial charge in [0.15, 0.2) is 11.5 Å². The van der Waals surface area contributed by atoms with Crippen molar-refractivity contribution in [2.75, 3.05) is 7.11 Å². The van der Waals surface area contributed by atoms with Crippen molar-refractivity contribution in [1.29, 1.82) is 0 Å². The van der Waals surface area contributed by atoms with Crippen LogP contribution in [0.3, 0.4) is 0 Å². The van der Waals surface area contributed by atoms with Gasteiger partial charge in [0.05, 0.1) is 12.7 Å². The Balaban J connectivity index is 1.84. The van der Waals surface area contributed by atoms with Gasteiger partial charge in [-0.1, -0.05) is 30.3 Å². The minimum atomic E-state index is -1.00. The molecule has 0 saturated heterocycles. The van der Waals surface area contributed by atoms with Crippen molar-refractivity contribution >= 4 is 29.0 Å². The van der Waals surface area contributed by atoms with E-state index in [1.54, 1.807) is 54.6 Å². The maximum atomic E-state index is 13.7. The molecule has 4 nitrogen and oxygen atoms in total. The highest BCUT2D eigenvalue weighted by atomic mass is 32.1. The van der Waals surface area contributed by atoms with Crippen LogP contribution in [0.2, 0.25) is 0 Å². The zero-order chi connectivity index (χ0) is 19.2. The number of methoxy groups -OCH3 is 1. The summed E-state index contributed by atoms with van der Waals surface area (Å²) in [5, 5.41) is 11.3. The van der Waals surface area contributed by atoms with E-state index in [0.29, 0.717) is 27.5 Å². The highest BCUT2D eigenvalue weighted by Gasteiger charge is 2.13. The van der Waals surface area contributed by atoms with Gasteiger partial charge in [-0.2, -0.15) is 0 Å². The van der Waals surface area contributed by atoms with E-state index < -0.39 is 5.97 Å². The number of carboxylic acid groups (broad SMARTS) is 1. The number of hydrogen-bond acceptors (Lipinski definition) is 4. The summed E-state index contributed by atoms with van der Waals surface area (Å²) in [6.07, 6.45) is 1.58. The normalized spacial score (nSPS) is 11.3. The fourth-order valence-electron chi connectivity index (χ4n) is 2.50. The first-order chi connectivity index (χ1) is 13.1. The summed E-state index contributed by atoms with van der Waals surface area (Å²) in [7, 11) is 1.50. The Labute approximate surface area is 160 Å². The van der Waals surface area contributed by atoms with Gasteiger partial charge in [-0.25, -0.2) is 9.18 Å². The number of rotatable bonds is 7. The maximum absolute atomic E-state index is 13.7. The molecular formula is C21H17FO4S. The zero-order valence-corrected chi connectivity index (χ0v) is 15.3. The molecule has 0 fully saturated rings. The monoisotopic (exact) mass is 384 g/mol. The van der Waals surface area contributed by atoms with Crippen LogP contribution in [0.4, 0.5) is 4.39 Å². The van der Waals surface area contributed by atoms with Crippen LogP contribution in [0, 0.1) is 5.82 Å². The van der Waals surface area contributed by atoms with Crippen LogP contribution in [0.25, 0.3) is 11.6 Å². The summed E-state index contributed by atoms with van der Waals surface area (Å²) in [5.41, 5.74) is 1.30. The van der Waals surface area contributed by atoms with Crippen molar-refractivity contribution in [2.45, 2.75) is 6.61 Å². The van der Waals surface area contributed by atoms with E-state index in [1.165, 1.54) is 24.5 Å². The molecule has 0 amide bonds. The Morgan fingerprint density at radius 1 is 1.15 bits per heavy atom. The summed E-state index contributed by atoms with van der Waals surface area (Å²) in [4.78, 5) is 12.2. The van der Waals surface area contributed by atoms with Gasteiger partial charge in [0.1, 0.15) is 12.4 Å². The van der Waals surface area contributed by atoms with E-state index in [4.69, 9.17) is 9.47 Å². The third-order valence-electron chi connectivity index (χ3n) is 3.86. The second kappa shape index (κ2) is 8.51. The Hall–Kier alpha value is -3.12. The quantitative estimate of drug-likeness (QED) is 0.576. The lowest BCUT2D eigenvalue weighted by atomic mass is 10.1. The van der Waals surface area contributed by atoms with Gasteiger partial charge in [-0.05, 0) is 41.3 Å². The Kier molecular flexibility index (Phi) is 5.88. The topological polar surface area (TPSA) is 55.8 Å². The number of aliphatic carboxylic acids is 1. The molecule has 0 saturated carbocycles. The summed E-state index contributed by atoms with van der Waals surface area (Å²) in [6.45, 7) is 0.0633. The van der Waals surface area contributed by atoms with Crippen molar-refractivity contribution in [3.05, 3.63) is 81.8 Å². The molecule has 2 aromatic carbocycles.